The average molecular weight is 428 g/mol. The number of amides is 1. The van der Waals surface area contributed by atoms with Crippen LogP contribution in [0.3, 0.4) is 0 Å². The van der Waals surface area contributed by atoms with Gasteiger partial charge in [-0.15, -0.1) is 0 Å². The highest BCUT2D eigenvalue weighted by atomic mass is 16.5. The lowest BCUT2D eigenvalue weighted by molar-refractivity contribution is -0.168. The summed E-state index contributed by atoms with van der Waals surface area (Å²) in [5.74, 6) is 1.35. The number of hydrogen-bond acceptors (Lipinski definition) is 3. The van der Waals surface area contributed by atoms with Crippen LogP contribution in [0.15, 0.2) is 24.3 Å². The van der Waals surface area contributed by atoms with Gasteiger partial charge in [0.2, 0.25) is 5.91 Å². The van der Waals surface area contributed by atoms with Crippen LogP contribution in [0.2, 0.25) is 0 Å². The monoisotopic (exact) mass is 427 g/mol. The molecule has 1 aromatic rings. The Morgan fingerprint density at radius 3 is 2.32 bits per heavy atom. The number of carbonyl (C=O) groups is 2. The van der Waals surface area contributed by atoms with E-state index >= 15 is 0 Å². The molecule has 1 amide bonds. The summed E-state index contributed by atoms with van der Waals surface area (Å²) in [6.45, 7) is 6.83. The minimum absolute atomic E-state index is 0.0333. The zero-order valence-corrected chi connectivity index (χ0v) is 19.2. The predicted molar refractivity (Wildman–Crippen MR) is 120 cm³/mol. The summed E-state index contributed by atoms with van der Waals surface area (Å²) in [6.07, 6.45) is 7.76. The van der Waals surface area contributed by atoms with Crippen LogP contribution in [-0.4, -0.2) is 29.6 Å². The van der Waals surface area contributed by atoms with Crippen LogP contribution in [0.5, 0.6) is 5.75 Å². The molecule has 2 atom stereocenters. The van der Waals surface area contributed by atoms with E-state index in [4.69, 9.17) is 4.74 Å². The lowest BCUT2D eigenvalue weighted by atomic mass is 9.48. The van der Waals surface area contributed by atoms with E-state index in [1.807, 2.05) is 38.1 Å². The van der Waals surface area contributed by atoms with Gasteiger partial charge in [0.15, 0.2) is 0 Å². The molecule has 0 spiro atoms. The number of benzene rings is 1. The van der Waals surface area contributed by atoms with Gasteiger partial charge in [-0.2, -0.15) is 0 Å². The molecule has 31 heavy (non-hydrogen) atoms. The van der Waals surface area contributed by atoms with Gasteiger partial charge in [0.1, 0.15) is 5.75 Å². The number of hydrogen-bond donors (Lipinski definition) is 2. The summed E-state index contributed by atoms with van der Waals surface area (Å²) in [5, 5.41) is 13.2. The molecule has 4 bridgehead atoms. The van der Waals surface area contributed by atoms with Crippen molar-refractivity contribution in [1.82, 2.24) is 5.32 Å². The van der Waals surface area contributed by atoms with Gasteiger partial charge < -0.3 is 15.2 Å². The fourth-order valence-corrected chi connectivity index (χ4v) is 6.49. The first-order valence-corrected chi connectivity index (χ1v) is 12.0. The van der Waals surface area contributed by atoms with Gasteiger partial charge in [0, 0.05) is 6.04 Å². The summed E-state index contributed by atoms with van der Waals surface area (Å²) in [6, 6.07) is 8.00. The number of unbranched alkanes of at least 4 members (excludes halogenated alkanes) is 2. The quantitative estimate of drug-likeness (QED) is 0.548. The highest BCUT2D eigenvalue weighted by Gasteiger charge is 2.59. The number of aliphatic carboxylic acids is 1. The molecule has 4 saturated carbocycles. The van der Waals surface area contributed by atoms with Gasteiger partial charge in [-0.05, 0) is 87.8 Å². The van der Waals surface area contributed by atoms with E-state index in [0.29, 0.717) is 30.6 Å². The Labute approximate surface area is 185 Å². The van der Waals surface area contributed by atoms with Crippen molar-refractivity contribution in [2.45, 2.75) is 83.6 Å². The van der Waals surface area contributed by atoms with E-state index in [0.717, 1.165) is 43.6 Å². The lowest BCUT2D eigenvalue weighted by Gasteiger charge is -2.58. The predicted octanol–water partition coefficient (Wildman–Crippen LogP) is 4.93. The molecule has 5 heteroatoms. The normalized spacial score (nSPS) is 31.5. The molecule has 170 valence electrons. The molecule has 4 aliphatic rings. The number of carbonyl (C=O) groups excluding carboxylic acids is 1. The van der Waals surface area contributed by atoms with Crippen LogP contribution >= 0.6 is 0 Å². The first-order valence-electron chi connectivity index (χ1n) is 12.0. The first kappa shape index (κ1) is 22.2. The number of carboxylic acid groups (broad SMARTS) is 1. The van der Waals surface area contributed by atoms with Crippen molar-refractivity contribution in [2.75, 3.05) is 6.61 Å². The molecule has 5 rings (SSSR count). The van der Waals surface area contributed by atoms with E-state index < -0.39 is 16.8 Å². The number of ether oxygens (including phenoxy) is 1. The van der Waals surface area contributed by atoms with E-state index in [9.17, 15) is 14.7 Å². The minimum Gasteiger partial charge on any atom is -0.494 e. The van der Waals surface area contributed by atoms with E-state index in [2.05, 4.69) is 12.2 Å². The van der Waals surface area contributed by atoms with Crippen molar-refractivity contribution in [3.63, 3.8) is 0 Å². The molecular formula is C26H37NO4. The molecule has 0 heterocycles. The van der Waals surface area contributed by atoms with Crippen LogP contribution in [0.1, 0.15) is 77.7 Å². The minimum atomic E-state index is -0.653. The third kappa shape index (κ3) is 4.20. The van der Waals surface area contributed by atoms with Crippen molar-refractivity contribution in [3.8, 4) is 5.75 Å². The topological polar surface area (TPSA) is 75.6 Å². The molecule has 1 aromatic carbocycles. The van der Waals surface area contributed by atoms with Crippen molar-refractivity contribution in [3.05, 3.63) is 29.8 Å². The van der Waals surface area contributed by atoms with Gasteiger partial charge in [0.05, 0.1) is 17.4 Å². The molecule has 2 unspecified atom stereocenters. The number of carboxylic acids is 1. The molecule has 0 aromatic heterocycles. The molecule has 0 saturated heterocycles. The zero-order chi connectivity index (χ0) is 22.2. The molecule has 0 aliphatic heterocycles. The summed E-state index contributed by atoms with van der Waals surface area (Å²) in [5.41, 5.74) is -0.225. The maximum absolute atomic E-state index is 13.3. The first-order chi connectivity index (χ1) is 14.7. The summed E-state index contributed by atoms with van der Waals surface area (Å²) < 4.78 is 5.80. The Balaban J connectivity index is 1.40. The number of rotatable bonds is 9. The Morgan fingerprint density at radius 2 is 1.74 bits per heavy atom. The highest BCUT2D eigenvalue weighted by molar-refractivity contribution is 5.87. The maximum atomic E-state index is 13.3. The SMILES string of the molecule is CCCCCOc1ccc(C(C)(C)C(=O)NC2C3CC4CC2CC(C(=O)O)(C4)C3)cc1. The highest BCUT2D eigenvalue weighted by Crippen LogP contribution is 2.60. The Hall–Kier alpha value is -2.04. The molecule has 0 radical (unpaired) electrons. The van der Waals surface area contributed by atoms with Crippen molar-refractivity contribution >= 4 is 11.9 Å². The van der Waals surface area contributed by atoms with Crippen LogP contribution < -0.4 is 10.1 Å². The molecule has 4 fully saturated rings. The van der Waals surface area contributed by atoms with Crippen LogP contribution in [0.4, 0.5) is 0 Å². The summed E-state index contributed by atoms with van der Waals surface area (Å²) in [7, 11) is 0. The second-order valence-corrected chi connectivity index (χ2v) is 10.8. The Morgan fingerprint density at radius 1 is 1.10 bits per heavy atom. The van der Waals surface area contributed by atoms with Crippen LogP contribution in [0.25, 0.3) is 0 Å². The fraction of sp³-hybridized carbons (Fsp3) is 0.692. The molecule has 2 N–H and O–H groups in total. The van der Waals surface area contributed by atoms with Gasteiger partial charge in [-0.1, -0.05) is 31.9 Å². The Bertz CT molecular complexity index is 799. The van der Waals surface area contributed by atoms with Crippen LogP contribution in [0, 0.1) is 23.2 Å². The maximum Gasteiger partial charge on any atom is 0.309 e. The second kappa shape index (κ2) is 8.48. The third-order valence-electron chi connectivity index (χ3n) is 8.18. The molecule has 4 aliphatic carbocycles. The number of nitrogens with one attached hydrogen (secondary N) is 1. The fourth-order valence-electron chi connectivity index (χ4n) is 6.49. The van der Waals surface area contributed by atoms with E-state index in [1.54, 1.807) is 0 Å². The van der Waals surface area contributed by atoms with E-state index in [-0.39, 0.29) is 11.9 Å². The van der Waals surface area contributed by atoms with Gasteiger partial charge in [-0.3, -0.25) is 9.59 Å². The van der Waals surface area contributed by atoms with Gasteiger partial charge in [0.25, 0.3) is 0 Å². The summed E-state index contributed by atoms with van der Waals surface area (Å²) >= 11 is 0. The largest absolute Gasteiger partial charge is 0.494 e. The Kier molecular flexibility index (Phi) is 6.06. The smallest absolute Gasteiger partial charge is 0.309 e. The third-order valence-corrected chi connectivity index (χ3v) is 8.18. The molecular weight excluding hydrogens is 390 g/mol. The second-order valence-electron chi connectivity index (χ2n) is 10.8. The van der Waals surface area contributed by atoms with Crippen molar-refractivity contribution in [1.29, 1.82) is 0 Å². The van der Waals surface area contributed by atoms with Gasteiger partial charge >= 0.3 is 5.97 Å². The van der Waals surface area contributed by atoms with Crippen LogP contribution in [-0.2, 0) is 15.0 Å². The lowest BCUT2D eigenvalue weighted by Crippen LogP contribution is -2.62. The van der Waals surface area contributed by atoms with Crippen molar-refractivity contribution in [2.24, 2.45) is 23.2 Å². The van der Waals surface area contributed by atoms with Crippen molar-refractivity contribution < 1.29 is 19.4 Å². The van der Waals surface area contributed by atoms with E-state index in [1.165, 1.54) is 12.8 Å². The van der Waals surface area contributed by atoms with Gasteiger partial charge in [-0.25, -0.2) is 0 Å². The standard InChI is InChI=1S/C26H37NO4/c1-4-5-6-11-31-21-9-7-20(8-10-21)25(2,3)23(28)27-22-18-12-17-13-19(22)16-26(14-17,15-18)24(29)30/h7-10,17-19,22H,4-6,11-16H2,1-3H3,(H,27,28)(H,29,30). The zero-order valence-electron chi connectivity index (χ0n) is 19.2. The average Bonchev–Trinajstić information content (AvgIpc) is 2.73. The molecule has 5 nitrogen and oxygen atoms in total. The summed E-state index contributed by atoms with van der Waals surface area (Å²) in [4.78, 5) is 25.3.